The van der Waals surface area contributed by atoms with Crippen LogP contribution in [-0.4, -0.2) is 47.5 Å². The van der Waals surface area contributed by atoms with E-state index >= 15 is 0 Å². The number of rotatable bonds is 1. The molecule has 0 aliphatic carbocycles. The number of urea groups is 1. The average molecular weight is 279 g/mol. The second-order valence-corrected chi connectivity index (χ2v) is 6.09. The molecule has 4 nitrogen and oxygen atoms in total. The van der Waals surface area contributed by atoms with E-state index in [1.54, 1.807) is 17.0 Å². The number of nitrogens with one attached hydrogen (secondary N) is 1. The number of carbonyl (C=O) groups excluding carboxylic acids is 1. The van der Waals surface area contributed by atoms with Gasteiger partial charge >= 0.3 is 6.03 Å². The minimum atomic E-state index is -0.347. The Kier molecular flexibility index (Phi) is 4.28. The molecule has 0 unspecified atom stereocenters. The molecule has 1 saturated heterocycles. The lowest BCUT2D eigenvalue weighted by molar-refractivity contribution is 0.0774. The molecule has 1 N–H and O–H groups in total. The van der Waals surface area contributed by atoms with Crippen molar-refractivity contribution in [1.82, 2.24) is 9.80 Å². The van der Waals surface area contributed by atoms with Gasteiger partial charge in [0.2, 0.25) is 0 Å². The van der Waals surface area contributed by atoms with Crippen LogP contribution in [0.25, 0.3) is 0 Å². The summed E-state index contributed by atoms with van der Waals surface area (Å²) in [5.74, 6) is -0.347. The molecule has 0 atom stereocenters. The van der Waals surface area contributed by atoms with Crippen LogP contribution >= 0.6 is 0 Å². The van der Waals surface area contributed by atoms with E-state index in [1.165, 1.54) is 12.1 Å². The van der Waals surface area contributed by atoms with E-state index in [2.05, 4.69) is 31.0 Å². The first-order valence-corrected chi connectivity index (χ1v) is 6.93. The van der Waals surface area contributed by atoms with E-state index in [9.17, 15) is 9.18 Å². The number of anilines is 1. The maximum absolute atomic E-state index is 13.1. The third-order valence-electron chi connectivity index (χ3n) is 3.59. The SMILES string of the molecule is CC(C)(C)N1CCN(C(=O)Nc2cccc(F)c2)CC1. The maximum atomic E-state index is 13.1. The Balaban J connectivity index is 1.89. The topological polar surface area (TPSA) is 35.6 Å². The van der Waals surface area contributed by atoms with Gasteiger partial charge in [0.25, 0.3) is 0 Å². The molecule has 1 heterocycles. The summed E-state index contributed by atoms with van der Waals surface area (Å²) >= 11 is 0. The van der Waals surface area contributed by atoms with Crippen LogP contribution in [0.1, 0.15) is 20.8 Å². The number of benzene rings is 1. The van der Waals surface area contributed by atoms with E-state index < -0.39 is 0 Å². The number of hydrogen-bond donors (Lipinski definition) is 1. The molecule has 1 aliphatic heterocycles. The first kappa shape index (κ1) is 14.8. The minimum absolute atomic E-state index is 0.130. The van der Waals surface area contributed by atoms with Crippen LogP contribution in [0.5, 0.6) is 0 Å². The molecular formula is C15H22FN3O. The first-order valence-electron chi connectivity index (χ1n) is 6.93. The van der Waals surface area contributed by atoms with Gasteiger partial charge in [0.05, 0.1) is 0 Å². The van der Waals surface area contributed by atoms with E-state index in [4.69, 9.17) is 0 Å². The fourth-order valence-corrected chi connectivity index (χ4v) is 2.35. The molecule has 1 aliphatic rings. The molecule has 0 radical (unpaired) electrons. The highest BCUT2D eigenvalue weighted by molar-refractivity contribution is 5.89. The molecule has 5 heteroatoms. The summed E-state index contributed by atoms with van der Waals surface area (Å²) in [5, 5.41) is 2.73. The van der Waals surface area contributed by atoms with Crippen molar-refractivity contribution in [3.63, 3.8) is 0 Å². The lowest BCUT2D eigenvalue weighted by atomic mass is 10.1. The Labute approximate surface area is 119 Å². The van der Waals surface area contributed by atoms with Gasteiger partial charge in [0.1, 0.15) is 5.82 Å². The monoisotopic (exact) mass is 279 g/mol. The maximum Gasteiger partial charge on any atom is 0.321 e. The van der Waals surface area contributed by atoms with Crippen LogP contribution in [0.2, 0.25) is 0 Å². The smallest absolute Gasteiger partial charge is 0.321 e. The van der Waals surface area contributed by atoms with Gasteiger partial charge in [-0.1, -0.05) is 6.07 Å². The number of piperazine rings is 1. The zero-order chi connectivity index (χ0) is 14.8. The van der Waals surface area contributed by atoms with Crippen LogP contribution in [0.3, 0.4) is 0 Å². The number of carbonyl (C=O) groups is 1. The van der Waals surface area contributed by atoms with Gasteiger partial charge in [-0.05, 0) is 39.0 Å². The summed E-state index contributed by atoms with van der Waals surface area (Å²) in [6.45, 7) is 9.64. The molecule has 1 aromatic carbocycles. The number of halogens is 1. The summed E-state index contributed by atoms with van der Waals surface area (Å²) in [4.78, 5) is 16.2. The summed E-state index contributed by atoms with van der Waals surface area (Å²) in [7, 11) is 0. The van der Waals surface area contributed by atoms with Crippen molar-refractivity contribution in [3.05, 3.63) is 30.1 Å². The molecule has 0 aromatic heterocycles. The summed E-state index contributed by atoms with van der Waals surface area (Å²) < 4.78 is 13.1. The molecule has 1 aromatic rings. The van der Waals surface area contributed by atoms with Crippen molar-refractivity contribution >= 4 is 11.7 Å². The third-order valence-corrected chi connectivity index (χ3v) is 3.59. The third kappa shape index (κ3) is 3.70. The van der Waals surface area contributed by atoms with Crippen molar-refractivity contribution in [1.29, 1.82) is 0 Å². The lowest BCUT2D eigenvalue weighted by Crippen LogP contribution is -2.55. The highest BCUT2D eigenvalue weighted by Crippen LogP contribution is 2.16. The van der Waals surface area contributed by atoms with Gasteiger partial charge in [0, 0.05) is 37.4 Å². The Morgan fingerprint density at radius 2 is 1.85 bits per heavy atom. The largest absolute Gasteiger partial charge is 0.322 e. The highest BCUT2D eigenvalue weighted by atomic mass is 19.1. The van der Waals surface area contributed by atoms with Crippen molar-refractivity contribution in [3.8, 4) is 0 Å². The van der Waals surface area contributed by atoms with Crippen LogP contribution in [-0.2, 0) is 0 Å². The van der Waals surface area contributed by atoms with Crippen LogP contribution < -0.4 is 5.32 Å². The molecular weight excluding hydrogens is 257 g/mol. The summed E-state index contributed by atoms with van der Waals surface area (Å²) in [5.41, 5.74) is 0.624. The fraction of sp³-hybridized carbons (Fsp3) is 0.533. The normalized spacial score (nSPS) is 17.1. The standard InChI is InChI=1S/C15H22FN3O/c1-15(2,3)19-9-7-18(8-10-19)14(20)17-13-6-4-5-12(16)11-13/h4-6,11H,7-10H2,1-3H3,(H,17,20). The molecule has 0 saturated carbocycles. The van der Waals surface area contributed by atoms with E-state index in [1.807, 2.05) is 0 Å². The summed E-state index contributed by atoms with van der Waals surface area (Å²) in [6.07, 6.45) is 0. The minimum Gasteiger partial charge on any atom is -0.322 e. The van der Waals surface area contributed by atoms with Crippen molar-refractivity contribution < 1.29 is 9.18 Å². The Morgan fingerprint density at radius 1 is 1.20 bits per heavy atom. The van der Waals surface area contributed by atoms with Gasteiger partial charge in [-0.3, -0.25) is 4.90 Å². The van der Waals surface area contributed by atoms with Gasteiger partial charge in [0.15, 0.2) is 0 Å². The predicted octanol–water partition coefficient (Wildman–Crippen LogP) is 2.77. The van der Waals surface area contributed by atoms with Gasteiger partial charge in [-0.15, -0.1) is 0 Å². The van der Waals surface area contributed by atoms with Gasteiger partial charge in [-0.2, -0.15) is 0 Å². The summed E-state index contributed by atoms with van der Waals surface area (Å²) in [6, 6.07) is 5.79. The molecule has 1 fully saturated rings. The fourth-order valence-electron chi connectivity index (χ4n) is 2.35. The molecule has 0 bridgehead atoms. The zero-order valence-electron chi connectivity index (χ0n) is 12.3. The van der Waals surface area contributed by atoms with E-state index in [0.717, 1.165) is 13.1 Å². The number of hydrogen-bond acceptors (Lipinski definition) is 2. The van der Waals surface area contributed by atoms with E-state index in [-0.39, 0.29) is 17.4 Å². The van der Waals surface area contributed by atoms with E-state index in [0.29, 0.717) is 18.8 Å². The molecule has 2 rings (SSSR count). The lowest BCUT2D eigenvalue weighted by Gasteiger charge is -2.42. The van der Waals surface area contributed by atoms with Crippen LogP contribution in [0.4, 0.5) is 14.9 Å². The molecule has 110 valence electrons. The number of amides is 2. The molecule has 20 heavy (non-hydrogen) atoms. The quantitative estimate of drug-likeness (QED) is 0.858. The van der Waals surface area contributed by atoms with Crippen LogP contribution in [0.15, 0.2) is 24.3 Å². The first-order chi connectivity index (χ1) is 9.36. The zero-order valence-corrected chi connectivity index (χ0v) is 12.3. The highest BCUT2D eigenvalue weighted by Gasteiger charge is 2.27. The average Bonchev–Trinajstić information content (AvgIpc) is 2.38. The van der Waals surface area contributed by atoms with Crippen molar-refractivity contribution in [2.45, 2.75) is 26.3 Å². The van der Waals surface area contributed by atoms with Crippen molar-refractivity contribution in [2.24, 2.45) is 0 Å². The van der Waals surface area contributed by atoms with Crippen LogP contribution in [0, 0.1) is 5.82 Å². The Hall–Kier alpha value is -1.62. The van der Waals surface area contributed by atoms with Gasteiger partial charge < -0.3 is 10.2 Å². The Morgan fingerprint density at radius 3 is 2.40 bits per heavy atom. The second-order valence-electron chi connectivity index (χ2n) is 6.09. The van der Waals surface area contributed by atoms with Gasteiger partial charge in [-0.25, -0.2) is 9.18 Å². The molecule has 0 spiro atoms. The molecule has 2 amide bonds. The second kappa shape index (κ2) is 5.79. The number of nitrogens with zero attached hydrogens (tertiary/aromatic N) is 2. The van der Waals surface area contributed by atoms with Crippen molar-refractivity contribution in [2.75, 3.05) is 31.5 Å². The Bertz CT molecular complexity index is 476. The predicted molar refractivity (Wildman–Crippen MR) is 78.3 cm³/mol.